The minimum atomic E-state index is 0.332. The summed E-state index contributed by atoms with van der Waals surface area (Å²) in [7, 11) is 0. The molecule has 0 bridgehead atoms. The lowest BCUT2D eigenvalue weighted by molar-refractivity contribution is 0.375. The number of nitrogens with zero attached hydrogens (tertiary/aromatic N) is 2. The molecule has 0 unspecified atom stereocenters. The fourth-order valence-electron chi connectivity index (χ4n) is 3.06. The van der Waals surface area contributed by atoms with Gasteiger partial charge in [0.1, 0.15) is 5.75 Å². The van der Waals surface area contributed by atoms with Gasteiger partial charge in [-0.3, -0.25) is 0 Å². The van der Waals surface area contributed by atoms with Crippen molar-refractivity contribution in [3.8, 4) is 5.75 Å². The molecule has 5 heteroatoms. The van der Waals surface area contributed by atoms with Gasteiger partial charge in [-0.2, -0.15) is 0 Å². The molecule has 0 spiro atoms. The highest BCUT2D eigenvalue weighted by Crippen LogP contribution is 2.22. The molecule has 1 aromatic heterocycles. The summed E-state index contributed by atoms with van der Waals surface area (Å²) in [6.07, 6.45) is 5.20. The Morgan fingerprint density at radius 2 is 2.05 bits per heavy atom. The first-order valence-electron chi connectivity index (χ1n) is 7.89. The molecule has 4 nitrogen and oxygen atoms in total. The molecular formula is C17H23N3OS. The number of hydrogen-bond acceptors (Lipinski definition) is 5. The van der Waals surface area contributed by atoms with Crippen LogP contribution in [0, 0.1) is 0 Å². The number of aromatic nitrogens is 1. The third-order valence-electron chi connectivity index (χ3n) is 4.18. The highest BCUT2D eigenvalue weighted by atomic mass is 32.1. The monoisotopic (exact) mass is 317 g/mol. The van der Waals surface area contributed by atoms with E-state index in [4.69, 9.17) is 0 Å². The molecule has 1 saturated heterocycles. The van der Waals surface area contributed by atoms with E-state index in [0.29, 0.717) is 17.8 Å². The number of nitrogens with one attached hydrogen (secondary N) is 1. The SMILES string of the molecule is C[C@@H](Cc1ccc(O)cc1)NC1CCN(c2nccs2)CC1. The van der Waals surface area contributed by atoms with Gasteiger partial charge in [0.15, 0.2) is 5.13 Å². The van der Waals surface area contributed by atoms with Gasteiger partial charge in [-0.05, 0) is 43.9 Å². The van der Waals surface area contributed by atoms with Crippen LogP contribution in [0.5, 0.6) is 5.75 Å². The molecule has 2 N–H and O–H groups in total. The molecule has 0 saturated carbocycles. The van der Waals surface area contributed by atoms with E-state index in [9.17, 15) is 5.11 Å². The summed E-state index contributed by atoms with van der Waals surface area (Å²) >= 11 is 1.72. The zero-order valence-corrected chi connectivity index (χ0v) is 13.7. The topological polar surface area (TPSA) is 48.4 Å². The lowest BCUT2D eigenvalue weighted by atomic mass is 10.0. The van der Waals surface area contributed by atoms with Gasteiger partial charge < -0.3 is 15.3 Å². The number of phenolic OH excluding ortho intramolecular Hbond substituents is 1. The van der Waals surface area contributed by atoms with Crippen molar-refractivity contribution in [2.45, 2.75) is 38.3 Å². The maximum absolute atomic E-state index is 9.33. The van der Waals surface area contributed by atoms with Crippen LogP contribution >= 0.6 is 11.3 Å². The van der Waals surface area contributed by atoms with E-state index in [2.05, 4.69) is 22.1 Å². The minimum Gasteiger partial charge on any atom is -0.508 e. The number of piperidine rings is 1. The summed E-state index contributed by atoms with van der Waals surface area (Å²) in [6.45, 7) is 4.40. The number of thiazole rings is 1. The van der Waals surface area contributed by atoms with Gasteiger partial charge in [-0.15, -0.1) is 11.3 Å². The Balaban J connectivity index is 1.45. The molecule has 1 fully saturated rings. The fourth-order valence-corrected chi connectivity index (χ4v) is 3.75. The molecule has 0 radical (unpaired) electrons. The van der Waals surface area contributed by atoms with Crippen LogP contribution in [0.25, 0.3) is 0 Å². The first kappa shape index (κ1) is 15.3. The van der Waals surface area contributed by atoms with E-state index < -0.39 is 0 Å². The number of phenols is 1. The van der Waals surface area contributed by atoms with Gasteiger partial charge in [0.05, 0.1) is 0 Å². The molecule has 1 atom stereocenters. The molecule has 2 heterocycles. The predicted octanol–water partition coefficient (Wildman–Crippen LogP) is 3.04. The van der Waals surface area contributed by atoms with Crippen LogP contribution < -0.4 is 10.2 Å². The normalized spacial score (nSPS) is 17.6. The van der Waals surface area contributed by atoms with Crippen molar-refractivity contribution in [3.63, 3.8) is 0 Å². The zero-order valence-electron chi connectivity index (χ0n) is 12.9. The van der Waals surface area contributed by atoms with E-state index in [1.54, 1.807) is 23.5 Å². The molecule has 2 aromatic rings. The first-order valence-corrected chi connectivity index (χ1v) is 8.77. The Kier molecular flexibility index (Phi) is 4.95. The highest BCUT2D eigenvalue weighted by molar-refractivity contribution is 7.13. The average molecular weight is 317 g/mol. The van der Waals surface area contributed by atoms with Gasteiger partial charge in [0.25, 0.3) is 0 Å². The summed E-state index contributed by atoms with van der Waals surface area (Å²) in [5.41, 5.74) is 1.26. The fraction of sp³-hybridized carbons (Fsp3) is 0.471. The summed E-state index contributed by atoms with van der Waals surface area (Å²) in [6, 6.07) is 8.55. The Bertz CT molecular complexity index is 562. The van der Waals surface area contributed by atoms with Crippen molar-refractivity contribution in [2.75, 3.05) is 18.0 Å². The third kappa shape index (κ3) is 3.99. The maximum atomic E-state index is 9.33. The van der Waals surface area contributed by atoms with Gasteiger partial charge >= 0.3 is 0 Å². The highest BCUT2D eigenvalue weighted by Gasteiger charge is 2.21. The zero-order chi connectivity index (χ0) is 15.4. The van der Waals surface area contributed by atoms with Gasteiger partial charge in [0.2, 0.25) is 0 Å². The quantitative estimate of drug-likeness (QED) is 0.890. The van der Waals surface area contributed by atoms with Crippen molar-refractivity contribution in [2.24, 2.45) is 0 Å². The van der Waals surface area contributed by atoms with E-state index in [0.717, 1.165) is 24.6 Å². The number of rotatable bonds is 5. The Labute approximate surface area is 135 Å². The summed E-state index contributed by atoms with van der Waals surface area (Å²) in [5, 5.41) is 16.3. The van der Waals surface area contributed by atoms with Gasteiger partial charge in [-0.1, -0.05) is 12.1 Å². The van der Waals surface area contributed by atoms with Crippen LogP contribution in [-0.4, -0.2) is 35.3 Å². The lowest BCUT2D eigenvalue weighted by Gasteiger charge is -2.33. The Hall–Kier alpha value is -1.59. The Morgan fingerprint density at radius 1 is 1.32 bits per heavy atom. The molecule has 1 aliphatic heterocycles. The first-order chi connectivity index (χ1) is 10.7. The predicted molar refractivity (Wildman–Crippen MR) is 91.8 cm³/mol. The standard InChI is InChI=1S/C17H23N3OS/c1-13(12-14-2-4-16(21)5-3-14)19-15-6-9-20(10-7-15)17-18-8-11-22-17/h2-5,8,11,13,15,19,21H,6-7,9-10,12H2,1H3/t13-/m0/s1. The van der Waals surface area contributed by atoms with Gasteiger partial charge in [0, 0.05) is 36.8 Å². The van der Waals surface area contributed by atoms with Crippen LogP contribution in [0.2, 0.25) is 0 Å². The number of hydrogen-bond donors (Lipinski definition) is 2. The second-order valence-corrected chi connectivity index (χ2v) is 6.89. The van der Waals surface area contributed by atoms with Crippen LogP contribution in [0.15, 0.2) is 35.8 Å². The van der Waals surface area contributed by atoms with Crippen molar-refractivity contribution in [1.29, 1.82) is 0 Å². The molecule has 22 heavy (non-hydrogen) atoms. The summed E-state index contributed by atoms with van der Waals surface area (Å²) in [4.78, 5) is 6.77. The molecular weight excluding hydrogens is 294 g/mol. The largest absolute Gasteiger partial charge is 0.508 e. The van der Waals surface area contributed by atoms with E-state index in [-0.39, 0.29) is 0 Å². The molecule has 0 aliphatic carbocycles. The Morgan fingerprint density at radius 3 is 2.68 bits per heavy atom. The summed E-state index contributed by atoms with van der Waals surface area (Å²) in [5.74, 6) is 0.332. The average Bonchev–Trinajstić information content (AvgIpc) is 3.05. The van der Waals surface area contributed by atoms with E-state index in [1.165, 1.54) is 18.4 Å². The van der Waals surface area contributed by atoms with Crippen molar-refractivity contribution in [1.82, 2.24) is 10.3 Å². The molecule has 1 aromatic carbocycles. The van der Waals surface area contributed by atoms with Crippen LogP contribution in [0.3, 0.4) is 0 Å². The summed E-state index contributed by atoms with van der Waals surface area (Å²) < 4.78 is 0. The maximum Gasteiger partial charge on any atom is 0.185 e. The second-order valence-electron chi connectivity index (χ2n) is 6.01. The van der Waals surface area contributed by atoms with Crippen LogP contribution in [-0.2, 0) is 6.42 Å². The van der Waals surface area contributed by atoms with Gasteiger partial charge in [-0.25, -0.2) is 4.98 Å². The number of aromatic hydroxyl groups is 1. The van der Waals surface area contributed by atoms with Crippen molar-refractivity contribution < 1.29 is 5.11 Å². The van der Waals surface area contributed by atoms with Crippen molar-refractivity contribution in [3.05, 3.63) is 41.4 Å². The smallest absolute Gasteiger partial charge is 0.185 e. The third-order valence-corrected chi connectivity index (χ3v) is 5.02. The van der Waals surface area contributed by atoms with Crippen LogP contribution in [0.4, 0.5) is 5.13 Å². The van der Waals surface area contributed by atoms with E-state index in [1.807, 2.05) is 23.7 Å². The van der Waals surface area contributed by atoms with E-state index >= 15 is 0 Å². The minimum absolute atomic E-state index is 0.332. The molecule has 3 rings (SSSR count). The molecule has 118 valence electrons. The molecule has 0 amide bonds. The number of anilines is 1. The molecule has 1 aliphatic rings. The van der Waals surface area contributed by atoms with Crippen LogP contribution in [0.1, 0.15) is 25.3 Å². The number of benzene rings is 1. The second kappa shape index (κ2) is 7.11. The lowest BCUT2D eigenvalue weighted by Crippen LogP contribution is -2.46. The van der Waals surface area contributed by atoms with Crippen molar-refractivity contribution >= 4 is 16.5 Å².